The van der Waals surface area contributed by atoms with Gasteiger partial charge in [-0.2, -0.15) is 13.2 Å². The van der Waals surface area contributed by atoms with Crippen LogP contribution >= 0.6 is 11.8 Å². The van der Waals surface area contributed by atoms with E-state index in [-0.39, 0.29) is 17.5 Å². The predicted octanol–water partition coefficient (Wildman–Crippen LogP) is 2.98. The van der Waals surface area contributed by atoms with E-state index < -0.39 is 12.8 Å². The molecule has 1 aromatic heterocycles. The number of nitrogens with one attached hydrogen (secondary N) is 1. The van der Waals surface area contributed by atoms with Gasteiger partial charge in [-0.05, 0) is 30.5 Å². The van der Waals surface area contributed by atoms with Crippen LogP contribution in [-0.2, 0) is 17.0 Å². The van der Waals surface area contributed by atoms with Gasteiger partial charge in [0.25, 0.3) is 0 Å². The molecule has 6 nitrogen and oxygen atoms in total. The second-order valence-corrected chi connectivity index (χ2v) is 6.84. The zero-order chi connectivity index (χ0) is 18.6. The summed E-state index contributed by atoms with van der Waals surface area (Å²) >= 11 is 1.32. The molecule has 2 heterocycles. The fourth-order valence-electron chi connectivity index (χ4n) is 2.60. The first-order valence-corrected chi connectivity index (χ1v) is 9.07. The van der Waals surface area contributed by atoms with Crippen LogP contribution in [-0.4, -0.2) is 40.3 Å². The van der Waals surface area contributed by atoms with E-state index in [9.17, 15) is 18.0 Å². The lowest BCUT2D eigenvalue weighted by atomic mass is 10.2. The number of hydrogen-bond acceptors (Lipinski definition) is 5. The number of aromatic amines is 1. The number of H-pyrrole nitrogens is 1. The summed E-state index contributed by atoms with van der Waals surface area (Å²) in [7, 11) is 0. The Morgan fingerprint density at radius 1 is 1.42 bits per heavy atom. The number of hydrogen-bond donors (Lipinski definition) is 1. The average molecular weight is 389 g/mol. The van der Waals surface area contributed by atoms with Gasteiger partial charge in [0.1, 0.15) is 5.75 Å². The van der Waals surface area contributed by atoms with Crippen LogP contribution in [0.2, 0.25) is 0 Å². The molecule has 0 spiro atoms. The van der Waals surface area contributed by atoms with Crippen LogP contribution in [0.15, 0.2) is 34.2 Å². The number of aromatic nitrogens is 3. The molecule has 0 unspecified atom stereocenters. The highest BCUT2D eigenvalue weighted by Gasteiger charge is 2.28. The molecule has 2 aromatic rings. The minimum atomic E-state index is -4.38. The summed E-state index contributed by atoms with van der Waals surface area (Å²) < 4.78 is 48.6. The highest BCUT2D eigenvalue weighted by Crippen LogP contribution is 2.25. The molecule has 10 heteroatoms. The molecule has 0 radical (unpaired) electrons. The van der Waals surface area contributed by atoms with Crippen LogP contribution in [0.3, 0.4) is 0 Å². The number of ether oxygens (including phenoxy) is 2. The van der Waals surface area contributed by atoms with Crippen molar-refractivity contribution in [2.45, 2.75) is 42.6 Å². The second kappa shape index (κ2) is 8.17. The number of halogens is 3. The number of rotatable bonds is 7. The van der Waals surface area contributed by atoms with Crippen molar-refractivity contribution in [2.75, 3.05) is 13.2 Å². The van der Waals surface area contributed by atoms with Crippen LogP contribution in [0.25, 0.3) is 0 Å². The fraction of sp³-hybridized carbons (Fsp3) is 0.500. The monoisotopic (exact) mass is 389 g/mol. The Morgan fingerprint density at radius 2 is 2.27 bits per heavy atom. The van der Waals surface area contributed by atoms with E-state index >= 15 is 0 Å². The van der Waals surface area contributed by atoms with Crippen molar-refractivity contribution in [3.8, 4) is 5.75 Å². The summed E-state index contributed by atoms with van der Waals surface area (Å²) in [6.45, 7) is -0.194. The van der Waals surface area contributed by atoms with Crippen molar-refractivity contribution in [3.05, 3.63) is 40.3 Å². The summed E-state index contributed by atoms with van der Waals surface area (Å²) in [4.78, 5) is 11.9. The van der Waals surface area contributed by atoms with Gasteiger partial charge in [0, 0.05) is 12.4 Å². The second-order valence-electron chi connectivity index (χ2n) is 5.90. The molecule has 0 bridgehead atoms. The number of nitrogens with zero attached hydrogens (tertiary/aromatic N) is 2. The van der Waals surface area contributed by atoms with E-state index in [1.165, 1.54) is 22.4 Å². The lowest BCUT2D eigenvalue weighted by Gasteiger charge is -2.11. The van der Waals surface area contributed by atoms with Crippen LogP contribution in [0, 0.1) is 0 Å². The molecule has 0 amide bonds. The van der Waals surface area contributed by atoms with E-state index in [2.05, 4.69) is 10.2 Å². The maximum Gasteiger partial charge on any atom is 0.422 e. The van der Waals surface area contributed by atoms with Crippen LogP contribution in [0.4, 0.5) is 13.2 Å². The standard InChI is InChI=1S/C16H18F3N3O3S/c17-16(18,19)10-25-12-4-1-3-11(7-12)9-26-15-21-20-14(23)22(15)8-13-5-2-6-24-13/h1,3-4,7,13H,2,5-6,8-10H2,(H,20,23)/t13-/m0/s1. The molecule has 1 aliphatic rings. The highest BCUT2D eigenvalue weighted by atomic mass is 32.2. The van der Waals surface area contributed by atoms with Gasteiger partial charge in [0.15, 0.2) is 11.8 Å². The van der Waals surface area contributed by atoms with Crippen molar-refractivity contribution < 1.29 is 22.6 Å². The summed E-state index contributed by atoms with van der Waals surface area (Å²) in [6.07, 6.45) is -2.49. The van der Waals surface area contributed by atoms with Crippen molar-refractivity contribution in [1.82, 2.24) is 14.8 Å². The lowest BCUT2D eigenvalue weighted by Crippen LogP contribution is -2.24. The average Bonchev–Trinajstić information content (AvgIpc) is 3.23. The maximum atomic E-state index is 12.2. The molecule has 1 fully saturated rings. The first kappa shape index (κ1) is 18.8. The molecule has 0 saturated carbocycles. The van der Waals surface area contributed by atoms with E-state index in [0.29, 0.717) is 24.1 Å². The molecule has 1 saturated heterocycles. The SMILES string of the molecule is O=c1[nH]nc(SCc2cccc(OCC(F)(F)F)c2)n1C[C@@H]1CCCO1. The van der Waals surface area contributed by atoms with Gasteiger partial charge in [0.05, 0.1) is 12.6 Å². The van der Waals surface area contributed by atoms with Gasteiger partial charge in [-0.15, -0.1) is 5.10 Å². The Bertz CT molecular complexity index is 785. The third-order valence-electron chi connectivity index (χ3n) is 3.80. The summed E-state index contributed by atoms with van der Waals surface area (Å²) in [6, 6.07) is 6.43. The van der Waals surface area contributed by atoms with Crippen LogP contribution < -0.4 is 10.4 Å². The fourth-order valence-corrected chi connectivity index (χ4v) is 3.50. The zero-order valence-corrected chi connectivity index (χ0v) is 14.6. The first-order chi connectivity index (χ1) is 12.4. The molecule has 1 atom stereocenters. The third-order valence-corrected chi connectivity index (χ3v) is 4.85. The Morgan fingerprint density at radius 3 is 3.00 bits per heavy atom. The first-order valence-electron chi connectivity index (χ1n) is 8.09. The van der Waals surface area contributed by atoms with Gasteiger partial charge < -0.3 is 9.47 Å². The largest absolute Gasteiger partial charge is 0.484 e. The van der Waals surface area contributed by atoms with Gasteiger partial charge in [-0.3, -0.25) is 4.57 Å². The van der Waals surface area contributed by atoms with Gasteiger partial charge in [-0.1, -0.05) is 23.9 Å². The molecule has 26 heavy (non-hydrogen) atoms. The van der Waals surface area contributed by atoms with E-state index in [0.717, 1.165) is 18.4 Å². The molecule has 1 aliphatic heterocycles. The highest BCUT2D eigenvalue weighted by molar-refractivity contribution is 7.98. The van der Waals surface area contributed by atoms with Crippen molar-refractivity contribution in [2.24, 2.45) is 0 Å². The molecule has 1 N–H and O–H groups in total. The predicted molar refractivity (Wildman–Crippen MR) is 89.4 cm³/mol. The van der Waals surface area contributed by atoms with Gasteiger partial charge in [-0.25, -0.2) is 9.89 Å². The Kier molecular flexibility index (Phi) is 5.92. The van der Waals surface area contributed by atoms with Crippen LogP contribution in [0.5, 0.6) is 5.75 Å². The molecular weight excluding hydrogens is 371 g/mol. The number of thioether (sulfide) groups is 1. The van der Waals surface area contributed by atoms with Gasteiger partial charge in [0.2, 0.25) is 0 Å². The smallest absolute Gasteiger partial charge is 0.422 e. The van der Waals surface area contributed by atoms with E-state index in [1.807, 2.05) is 0 Å². The summed E-state index contributed by atoms with van der Waals surface area (Å²) in [5.41, 5.74) is 0.471. The van der Waals surface area contributed by atoms with E-state index in [1.54, 1.807) is 18.2 Å². The van der Waals surface area contributed by atoms with Crippen molar-refractivity contribution in [3.63, 3.8) is 0 Å². The third kappa shape index (κ3) is 5.28. The Balaban J connectivity index is 1.61. The molecule has 1 aromatic carbocycles. The lowest BCUT2D eigenvalue weighted by molar-refractivity contribution is -0.153. The number of alkyl halides is 3. The minimum Gasteiger partial charge on any atom is -0.484 e. The minimum absolute atomic E-state index is 0.00347. The molecular formula is C16H18F3N3O3S. The van der Waals surface area contributed by atoms with Gasteiger partial charge >= 0.3 is 11.9 Å². The van der Waals surface area contributed by atoms with Crippen molar-refractivity contribution >= 4 is 11.8 Å². The summed E-state index contributed by atoms with van der Waals surface area (Å²) in [5.74, 6) is 0.596. The molecule has 142 valence electrons. The number of benzene rings is 1. The van der Waals surface area contributed by atoms with Crippen molar-refractivity contribution in [1.29, 1.82) is 0 Å². The Hall–Kier alpha value is -1.94. The molecule has 0 aliphatic carbocycles. The Labute approximate surface area is 151 Å². The maximum absolute atomic E-state index is 12.2. The normalized spacial score (nSPS) is 17.6. The molecule has 3 rings (SSSR count). The zero-order valence-electron chi connectivity index (χ0n) is 13.8. The topological polar surface area (TPSA) is 69.1 Å². The van der Waals surface area contributed by atoms with E-state index in [4.69, 9.17) is 9.47 Å². The van der Waals surface area contributed by atoms with Crippen LogP contribution in [0.1, 0.15) is 18.4 Å². The quantitative estimate of drug-likeness (QED) is 0.738. The summed E-state index contributed by atoms with van der Waals surface area (Å²) in [5, 5.41) is 6.96.